The molecule has 1 aliphatic rings. The van der Waals surface area contributed by atoms with Crippen LogP contribution in [0.3, 0.4) is 0 Å². The van der Waals surface area contributed by atoms with E-state index in [-0.39, 0.29) is 10.8 Å². The van der Waals surface area contributed by atoms with Crippen LogP contribution in [0.4, 0.5) is 11.5 Å². The first kappa shape index (κ1) is 12.4. The van der Waals surface area contributed by atoms with Gasteiger partial charge in [0.25, 0.3) is 0 Å². The summed E-state index contributed by atoms with van der Waals surface area (Å²) < 4.78 is 5.48. The summed E-state index contributed by atoms with van der Waals surface area (Å²) in [5.74, 6) is 0.704. The SMILES string of the molecule is Cc1nc(Cl)nc(N2CCOCC2(C)C)c1N. The van der Waals surface area contributed by atoms with Crippen LogP contribution in [0.1, 0.15) is 19.5 Å². The Morgan fingerprint density at radius 2 is 2.12 bits per heavy atom. The molecule has 1 aromatic rings. The molecule has 0 amide bonds. The van der Waals surface area contributed by atoms with Crippen molar-refractivity contribution in [2.45, 2.75) is 26.3 Å². The summed E-state index contributed by atoms with van der Waals surface area (Å²) in [6.07, 6.45) is 0. The second-order valence-corrected chi connectivity index (χ2v) is 5.17. The van der Waals surface area contributed by atoms with E-state index in [1.807, 2.05) is 6.92 Å². The predicted octanol–water partition coefficient (Wildman–Crippen LogP) is 1.64. The van der Waals surface area contributed by atoms with Crippen LogP contribution in [-0.4, -0.2) is 35.3 Å². The van der Waals surface area contributed by atoms with Crippen LogP contribution in [-0.2, 0) is 4.74 Å². The highest BCUT2D eigenvalue weighted by Crippen LogP contribution is 2.31. The summed E-state index contributed by atoms with van der Waals surface area (Å²) in [5.41, 5.74) is 7.19. The second-order valence-electron chi connectivity index (χ2n) is 4.83. The smallest absolute Gasteiger partial charge is 0.224 e. The summed E-state index contributed by atoms with van der Waals surface area (Å²) in [6, 6.07) is 0. The lowest BCUT2D eigenvalue weighted by atomic mass is 10.0. The zero-order valence-corrected chi connectivity index (χ0v) is 11.1. The number of rotatable bonds is 1. The number of anilines is 2. The molecule has 1 aliphatic heterocycles. The van der Waals surface area contributed by atoms with Crippen LogP contribution in [0.5, 0.6) is 0 Å². The van der Waals surface area contributed by atoms with Crippen molar-refractivity contribution >= 4 is 23.1 Å². The summed E-state index contributed by atoms with van der Waals surface area (Å²) in [6.45, 7) is 8.09. The Bertz CT molecular complexity index is 436. The molecule has 5 nitrogen and oxygen atoms in total. The average molecular weight is 257 g/mol. The van der Waals surface area contributed by atoms with Gasteiger partial charge in [-0.2, -0.15) is 4.98 Å². The van der Waals surface area contributed by atoms with E-state index in [9.17, 15) is 0 Å². The molecule has 2 heterocycles. The van der Waals surface area contributed by atoms with E-state index >= 15 is 0 Å². The maximum absolute atomic E-state index is 6.04. The molecule has 2 N–H and O–H groups in total. The second kappa shape index (κ2) is 4.31. The number of nitrogens with zero attached hydrogens (tertiary/aromatic N) is 3. The normalized spacial score (nSPS) is 19.4. The van der Waals surface area contributed by atoms with Gasteiger partial charge in [-0.25, -0.2) is 4.98 Å². The van der Waals surface area contributed by atoms with Crippen LogP contribution in [0.2, 0.25) is 5.28 Å². The molecule has 17 heavy (non-hydrogen) atoms. The maximum atomic E-state index is 6.04. The first-order chi connectivity index (χ1) is 7.92. The number of aryl methyl sites for hydroxylation is 1. The Morgan fingerprint density at radius 1 is 1.41 bits per heavy atom. The van der Waals surface area contributed by atoms with Gasteiger partial charge in [0.1, 0.15) is 0 Å². The molecular weight excluding hydrogens is 240 g/mol. The third-order valence-electron chi connectivity index (χ3n) is 2.99. The van der Waals surface area contributed by atoms with Crippen molar-refractivity contribution in [2.24, 2.45) is 0 Å². The minimum absolute atomic E-state index is 0.142. The Labute approximate surface area is 106 Å². The molecular formula is C11H17ClN4O. The van der Waals surface area contributed by atoms with E-state index in [1.54, 1.807) is 0 Å². The van der Waals surface area contributed by atoms with Gasteiger partial charge >= 0.3 is 0 Å². The summed E-state index contributed by atoms with van der Waals surface area (Å²) in [4.78, 5) is 10.4. The molecule has 1 fully saturated rings. The Balaban J connectivity index is 2.45. The van der Waals surface area contributed by atoms with Crippen molar-refractivity contribution in [1.29, 1.82) is 0 Å². The first-order valence-corrected chi connectivity index (χ1v) is 5.94. The highest BCUT2D eigenvalue weighted by molar-refractivity contribution is 6.28. The quantitative estimate of drug-likeness (QED) is 0.774. The Hall–Kier alpha value is -1.07. The van der Waals surface area contributed by atoms with Crippen LogP contribution >= 0.6 is 11.6 Å². The van der Waals surface area contributed by atoms with Crippen molar-refractivity contribution in [2.75, 3.05) is 30.4 Å². The molecule has 0 aliphatic carbocycles. The van der Waals surface area contributed by atoms with Gasteiger partial charge in [0.2, 0.25) is 5.28 Å². The van der Waals surface area contributed by atoms with E-state index in [1.165, 1.54) is 0 Å². The highest BCUT2D eigenvalue weighted by Gasteiger charge is 2.33. The number of morpholine rings is 1. The standard InChI is InChI=1S/C11H17ClN4O/c1-7-8(13)9(15-10(12)14-7)16-4-5-17-6-11(16,2)3/h4-6,13H2,1-3H3. The molecule has 6 heteroatoms. The Kier molecular flexibility index (Phi) is 3.14. The van der Waals surface area contributed by atoms with Gasteiger partial charge in [0, 0.05) is 6.54 Å². The van der Waals surface area contributed by atoms with Crippen LogP contribution in [0, 0.1) is 6.92 Å². The van der Waals surface area contributed by atoms with Gasteiger partial charge in [-0.1, -0.05) is 0 Å². The fraction of sp³-hybridized carbons (Fsp3) is 0.636. The number of nitrogens with two attached hydrogens (primary N) is 1. The molecule has 0 spiro atoms. The first-order valence-electron chi connectivity index (χ1n) is 5.57. The number of hydrogen-bond donors (Lipinski definition) is 1. The fourth-order valence-electron chi connectivity index (χ4n) is 1.99. The number of ether oxygens (including phenoxy) is 1. The zero-order chi connectivity index (χ0) is 12.6. The predicted molar refractivity (Wildman–Crippen MR) is 68.4 cm³/mol. The van der Waals surface area contributed by atoms with E-state index in [0.717, 1.165) is 6.54 Å². The van der Waals surface area contributed by atoms with Crippen molar-refractivity contribution < 1.29 is 4.74 Å². The molecule has 0 atom stereocenters. The van der Waals surface area contributed by atoms with Gasteiger partial charge in [-0.15, -0.1) is 0 Å². The molecule has 0 saturated carbocycles. The minimum Gasteiger partial charge on any atom is -0.394 e. The lowest BCUT2D eigenvalue weighted by Crippen LogP contribution is -2.53. The lowest BCUT2D eigenvalue weighted by Gasteiger charge is -2.43. The summed E-state index contributed by atoms with van der Waals surface area (Å²) in [7, 11) is 0. The van der Waals surface area contributed by atoms with Gasteiger partial charge in [0.15, 0.2) is 5.82 Å². The van der Waals surface area contributed by atoms with E-state index in [4.69, 9.17) is 22.1 Å². The molecule has 2 rings (SSSR count). The lowest BCUT2D eigenvalue weighted by molar-refractivity contribution is 0.0640. The van der Waals surface area contributed by atoms with Gasteiger partial charge in [-0.3, -0.25) is 0 Å². The molecule has 1 aromatic heterocycles. The molecule has 0 unspecified atom stereocenters. The average Bonchev–Trinajstić information content (AvgIpc) is 2.23. The van der Waals surface area contributed by atoms with Gasteiger partial charge < -0.3 is 15.4 Å². The Morgan fingerprint density at radius 3 is 2.76 bits per heavy atom. The third kappa shape index (κ3) is 2.30. The van der Waals surface area contributed by atoms with Gasteiger partial charge in [-0.05, 0) is 32.4 Å². The van der Waals surface area contributed by atoms with Crippen LogP contribution < -0.4 is 10.6 Å². The summed E-state index contributed by atoms with van der Waals surface area (Å²) in [5, 5.41) is 0.231. The minimum atomic E-state index is -0.142. The van der Waals surface area contributed by atoms with Gasteiger partial charge in [0.05, 0.1) is 30.1 Å². The van der Waals surface area contributed by atoms with Crippen molar-refractivity contribution in [3.05, 3.63) is 11.0 Å². The largest absolute Gasteiger partial charge is 0.394 e. The maximum Gasteiger partial charge on any atom is 0.224 e. The number of hydrogen-bond acceptors (Lipinski definition) is 5. The summed E-state index contributed by atoms with van der Waals surface area (Å²) >= 11 is 5.90. The topological polar surface area (TPSA) is 64.3 Å². The molecule has 0 radical (unpaired) electrons. The molecule has 1 saturated heterocycles. The van der Waals surface area contributed by atoms with Crippen molar-refractivity contribution in [3.63, 3.8) is 0 Å². The number of halogens is 1. The number of aromatic nitrogens is 2. The molecule has 94 valence electrons. The number of nitrogen functional groups attached to an aromatic ring is 1. The highest BCUT2D eigenvalue weighted by atomic mass is 35.5. The van der Waals surface area contributed by atoms with Crippen molar-refractivity contribution in [3.8, 4) is 0 Å². The monoisotopic (exact) mass is 256 g/mol. The molecule has 0 bridgehead atoms. The molecule has 0 aromatic carbocycles. The van der Waals surface area contributed by atoms with E-state index < -0.39 is 0 Å². The van der Waals surface area contributed by atoms with E-state index in [2.05, 4.69) is 28.7 Å². The fourth-order valence-corrected chi connectivity index (χ4v) is 2.20. The van der Waals surface area contributed by atoms with E-state index in [0.29, 0.717) is 30.4 Å². The van der Waals surface area contributed by atoms with Crippen molar-refractivity contribution in [1.82, 2.24) is 9.97 Å². The third-order valence-corrected chi connectivity index (χ3v) is 3.16. The van der Waals surface area contributed by atoms with Crippen LogP contribution in [0.25, 0.3) is 0 Å². The zero-order valence-electron chi connectivity index (χ0n) is 10.3. The van der Waals surface area contributed by atoms with Crippen LogP contribution in [0.15, 0.2) is 0 Å².